The number of carbonyl (C=O) groups excluding carboxylic acids is 2. The predicted molar refractivity (Wildman–Crippen MR) is 92.5 cm³/mol. The second kappa shape index (κ2) is 6.35. The molecule has 0 bridgehead atoms. The number of nitrogens with zero attached hydrogens (tertiary/aromatic N) is 1. The van der Waals surface area contributed by atoms with Gasteiger partial charge in [0.2, 0.25) is 5.78 Å². The van der Waals surface area contributed by atoms with Crippen LogP contribution in [0.2, 0.25) is 0 Å². The summed E-state index contributed by atoms with van der Waals surface area (Å²) in [5.41, 5.74) is 3.76. The van der Waals surface area contributed by atoms with E-state index in [1.54, 1.807) is 6.07 Å². The Bertz CT molecular complexity index is 885. The van der Waals surface area contributed by atoms with Crippen LogP contribution in [-0.4, -0.2) is 27.9 Å². The molecule has 0 aliphatic carbocycles. The molecule has 3 aromatic rings. The average molecular weight is 324 g/mol. The van der Waals surface area contributed by atoms with Gasteiger partial charge in [0.05, 0.1) is 0 Å². The van der Waals surface area contributed by atoms with Gasteiger partial charge in [-0.15, -0.1) is 0 Å². The van der Waals surface area contributed by atoms with Gasteiger partial charge in [-0.2, -0.15) is 0 Å². The largest absolute Gasteiger partial charge is 0.453 e. The summed E-state index contributed by atoms with van der Waals surface area (Å²) >= 11 is 0. The first-order chi connectivity index (χ1) is 11.5. The molecule has 2 aromatic heterocycles. The number of hydrogen-bond acceptors (Lipinski definition) is 3. The second-order valence-electron chi connectivity index (χ2n) is 5.80. The minimum Gasteiger partial charge on any atom is -0.453 e. The summed E-state index contributed by atoms with van der Waals surface area (Å²) in [7, 11) is 0. The topological polar surface area (TPSA) is 64.1 Å². The van der Waals surface area contributed by atoms with Gasteiger partial charge in [0, 0.05) is 34.4 Å². The lowest BCUT2D eigenvalue weighted by molar-refractivity contribution is 0.0469. The number of aromatic nitrogens is 2. The molecule has 5 nitrogen and oxygen atoms in total. The first kappa shape index (κ1) is 16.1. The van der Waals surface area contributed by atoms with Crippen LogP contribution in [0.5, 0.6) is 0 Å². The molecular formula is C19H20N2O3. The second-order valence-corrected chi connectivity index (χ2v) is 5.80. The van der Waals surface area contributed by atoms with Crippen LogP contribution in [0.1, 0.15) is 39.2 Å². The van der Waals surface area contributed by atoms with Crippen LogP contribution in [0.4, 0.5) is 0 Å². The van der Waals surface area contributed by atoms with Gasteiger partial charge in [-0.25, -0.2) is 4.79 Å². The van der Waals surface area contributed by atoms with Crippen molar-refractivity contribution in [3.8, 4) is 0 Å². The van der Waals surface area contributed by atoms with Gasteiger partial charge in [-0.05, 0) is 39.0 Å². The fourth-order valence-corrected chi connectivity index (χ4v) is 3.04. The van der Waals surface area contributed by atoms with Gasteiger partial charge in [-0.1, -0.05) is 18.2 Å². The Hall–Kier alpha value is -2.82. The Morgan fingerprint density at radius 2 is 1.92 bits per heavy atom. The first-order valence-corrected chi connectivity index (χ1v) is 7.96. The van der Waals surface area contributed by atoms with Gasteiger partial charge < -0.3 is 14.3 Å². The number of hydrogen-bond donors (Lipinski definition) is 1. The summed E-state index contributed by atoms with van der Waals surface area (Å²) in [5, 5.41) is 0.933. The Balaban J connectivity index is 1.71. The number of nitrogens with one attached hydrogen (secondary N) is 1. The quantitative estimate of drug-likeness (QED) is 0.575. The van der Waals surface area contributed by atoms with Crippen molar-refractivity contribution in [3.63, 3.8) is 0 Å². The van der Waals surface area contributed by atoms with E-state index in [0.717, 1.165) is 28.8 Å². The summed E-state index contributed by atoms with van der Waals surface area (Å²) in [5.74, 6) is -0.712. The van der Waals surface area contributed by atoms with E-state index in [-0.39, 0.29) is 12.4 Å². The average Bonchev–Trinajstić information content (AvgIpc) is 3.13. The number of aromatic amines is 1. The molecular weight excluding hydrogens is 304 g/mol. The highest BCUT2D eigenvalue weighted by Gasteiger charge is 2.18. The maximum absolute atomic E-state index is 12.4. The van der Waals surface area contributed by atoms with Crippen LogP contribution in [0.25, 0.3) is 10.9 Å². The number of Topliss-reactive ketones (excluding diaryl/α,β-unsaturated/α-hetero) is 1. The zero-order valence-electron chi connectivity index (χ0n) is 14.1. The number of H-pyrrole nitrogens is 1. The van der Waals surface area contributed by atoms with Crippen LogP contribution in [0.15, 0.2) is 36.4 Å². The van der Waals surface area contributed by atoms with E-state index in [1.807, 2.05) is 51.1 Å². The molecule has 0 aliphatic rings. The lowest BCUT2D eigenvalue weighted by Gasteiger charge is -2.06. The van der Waals surface area contributed by atoms with Gasteiger partial charge in [0.15, 0.2) is 6.61 Å². The highest BCUT2D eigenvalue weighted by atomic mass is 16.5. The number of para-hydroxylation sites is 1. The summed E-state index contributed by atoms with van der Waals surface area (Å²) < 4.78 is 7.24. The first-order valence-electron chi connectivity index (χ1n) is 7.96. The molecule has 24 heavy (non-hydrogen) atoms. The lowest BCUT2D eigenvalue weighted by Crippen LogP contribution is -2.15. The number of ether oxygens (including phenoxy) is 1. The van der Waals surface area contributed by atoms with Gasteiger partial charge in [0.25, 0.3) is 0 Å². The molecule has 0 saturated carbocycles. The van der Waals surface area contributed by atoms with Crippen molar-refractivity contribution < 1.29 is 14.3 Å². The van der Waals surface area contributed by atoms with Crippen molar-refractivity contribution in [1.82, 2.24) is 9.55 Å². The summed E-state index contributed by atoms with van der Waals surface area (Å²) in [6.45, 7) is 6.44. The Kier molecular flexibility index (Phi) is 4.25. The molecule has 124 valence electrons. The van der Waals surface area contributed by atoms with E-state index in [2.05, 4.69) is 9.55 Å². The molecule has 0 fully saturated rings. The van der Waals surface area contributed by atoms with E-state index in [9.17, 15) is 9.59 Å². The third kappa shape index (κ3) is 2.85. The molecule has 1 aromatic carbocycles. The standard InChI is InChI=1S/C19H20N2O3/c1-4-21-12(2)9-15(13(21)3)18(22)11-24-19(23)17-10-14-7-5-6-8-16(14)20-17/h5-10,20H,4,11H2,1-3H3. The fraction of sp³-hybridized carbons (Fsp3) is 0.263. The SMILES string of the molecule is CCn1c(C)cc(C(=O)COC(=O)c2cc3ccccc3[nH]2)c1C. The maximum atomic E-state index is 12.4. The van der Waals surface area contributed by atoms with Crippen LogP contribution in [-0.2, 0) is 11.3 Å². The molecule has 5 heteroatoms. The minimum absolute atomic E-state index is 0.188. The molecule has 0 spiro atoms. The fourth-order valence-electron chi connectivity index (χ4n) is 3.04. The van der Waals surface area contributed by atoms with E-state index in [4.69, 9.17) is 4.74 Å². The van der Waals surface area contributed by atoms with Crippen LogP contribution < -0.4 is 0 Å². The predicted octanol–water partition coefficient (Wildman–Crippen LogP) is 3.65. The van der Waals surface area contributed by atoms with Crippen LogP contribution >= 0.6 is 0 Å². The van der Waals surface area contributed by atoms with Gasteiger partial charge in [0.1, 0.15) is 5.69 Å². The van der Waals surface area contributed by atoms with Crippen molar-refractivity contribution in [2.45, 2.75) is 27.3 Å². The Morgan fingerprint density at radius 1 is 1.17 bits per heavy atom. The molecule has 0 aliphatic heterocycles. The van der Waals surface area contributed by atoms with Crippen molar-refractivity contribution in [2.24, 2.45) is 0 Å². The van der Waals surface area contributed by atoms with Crippen molar-refractivity contribution in [1.29, 1.82) is 0 Å². The number of aryl methyl sites for hydroxylation is 1. The number of carbonyl (C=O) groups is 2. The molecule has 0 amide bonds. The highest BCUT2D eigenvalue weighted by Crippen LogP contribution is 2.17. The monoisotopic (exact) mass is 324 g/mol. The van der Waals surface area contributed by atoms with E-state index >= 15 is 0 Å². The normalized spacial score (nSPS) is 11.0. The van der Waals surface area contributed by atoms with Gasteiger partial charge >= 0.3 is 5.97 Å². The summed E-state index contributed by atoms with van der Waals surface area (Å²) in [6.07, 6.45) is 0. The third-order valence-corrected chi connectivity index (χ3v) is 4.27. The number of esters is 1. The molecule has 0 radical (unpaired) electrons. The summed E-state index contributed by atoms with van der Waals surface area (Å²) in [6, 6.07) is 11.2. The zero-order chi connectivity index (χ0) is 17.3. The maximum Gasteiger partial charge on any atom is 0.355 e. The molecule has 1 N–H and O–H groups in total. The lowest BCUT2D eigenvalue weighted by atomic mass is 10.1. The summed E-state index contributed by atoms with van der Waals surface area (Å²) in [4.78, 5) is 27.5. The molecule has 3 rings (SSSR count). The molecule has 0 atom stereocenters. The van der Waals surface area contributed by atoms with E-state index < -0.39 is 5.97 Å². The Labute approximate surface area is 140 Å². The van der Waals surface area contributed by atoms with Crippen molar-refractivity contribution in [3.05, 3.63) is 59.0 Å². The molecule has 2 heterocycles. The molecule has 0 saturated heterocycles. The number of fused-ring (bicyclic) bond motifs is 1. The van der Waals surface area contributed by atoms with E-state index in [1.165, 1.54) is 0 Å². The number of rotatable bonds is 5. The van der Waals surface area contributed by atoms with Crippen LogP contribution in [0, 0.1) is 13.8 Å². The highest BCUT2D eigenvalue weighted by molar-refractivity contribution is 6.01. The zero-order valence-corrected chi connectivity index (χ0v) is 14.1. The van der Waals surface area contributed by atoms with Gasteiger partial charge in [-0.3, -0.25) is 4.79 Å². The third-order valence-electron chi connectivity index (χ3n) is 4.27. The number of benzene rings is 1. The minimum atomic E-state index is -0.524. The van der Waals surface area contributed by atoms with Crippen molar-refractivity contribution in [2.75, 3.05) is 6.61 Å². The smallest absolute Gasteiger partial charge is 0.355 e. The van der Waals surface area contributed by atoms with Crippen LogP contribution in [0.3, 0.4) is 0 Å². The van der Waals surface area contributed by atoms with Crippen molar-refractivity contribution >= 4 is 22.7 Å². The van der Waals surface area contributed by atoms with E-state index in [0.29, 0.717) is 11.3 Å². The number of ketones is 1. The Morgan fingerprint density at radius 3 is 2.58 bits per heavy atom. The molecule has 0 unspecified atom stereocenters.